The third kappa shape index (κ3) is 4.66. The molecule has 1 heterocycles. The number of nitrogens with one attached hydrogen (secondary N) is 1. The SMILES string of the molecule is CCN(CC(=O)Nc1cccc(OC)c1)c1nc(C(C)C)ns1. The summed E-state index contributed by atoms with van der Waals surface area (Å²) in [5.74, 6) is 1.71. The van der Waals surface area contributed by atoms with E-state index in [1.54, 1.807) is 13.2 Å². The summed E-state index contributed by atoms with van der Waals surface area (Å²) in [6, 6.07) is 7.29. The van der Waals surface area contributed by atoms with Gasteiger partial charge in [0.25, 0.3) is 0 Å². The Labute approximate surface area is 140 Å². The van der Waals surface area contributed by atoms with Gasteiger partial charge in [-0.2, -0.15) is 4.37 Å². The van der Waals surface area contributed by atoms with E-state index in [9.17, 15) is 4.79 Å². The Morgan fingerprint density at radius 3 is 2.83 bits per heavy atom. The van der Waals surface area contributed by atoms with Gasteiger partial charge in [-0.15, -0.1) is 0 Å². The van der Waals surface area contributed by atoms with E-state index in [-0.39, 0.29) is 18.4 Å². The summed E-state index contributed by atoms with van der Waals surface area (Å²) >= 11 is 1.33. The predicted molar refractivity (Wildman–Crippen MR) is 93.5 cm³/mol. The summed E-state index contributed by atoms with van der Waals surface area (Å²) in [7, 11) is 1.60. The van der Waals surface area contributed by atoms with Crippen molar-refractivity contribution in [3.8, 4) is 5.75 Å². The first-order valence-electron chi connectivity index (χ1n) is 7.56. The van der Waals surface area contributed by atoms with Gasteiger partial charge in [-0.05, 0) is 19.1 Å². The quantitative estimate of drug-likeness (QED) is 0.842. The van der Waals surface area contributed by atoms with Crippen LogP contribution in [0, 0.1) is 0 Å². The standard InChI is InChI=1S/C16H22N4O2S/c1-5-20(16-18-15(11(2)3)19-23-16)10-14(21)17-12-7-6-8-13(9-12)22-4/h6-9,11H,5,10H2,1-4H3,(H,17,21). The Bertz CT molecular complexity index is 657. The van der Waals surface area contributed by atoms with Crippen LogP contribution in [0.3, 0.4) is 0 Å². The van der Waals surface area contributed by atoms with Crippen molar-refractivity contribution in [3.05, 3.63) is 30.1 Å². The zero-order valence-corrected chi connectivity index (χ0v) is 14.7. The van der Waals surface area contributed by atoms with Crippen molar-refractivity contribution in [3.63, 3.8) is 0 Å². The normalized spacial score (nSPS) is 10.7. The Balaban J connectivity index is 2.01. The van der Waals surface area contributed by atoms with Crippen LogP contribution in [0.2, 0.25) is 0 Å². The molecule has 2 aromatic rings. The maximum absolute atomic E-state index is 12.3. The molecule has 6 nitrogen and oxygen atoms in total. The highest BCUT2D eigenvalue weighted by molar-refractivity contribution is 7.09. The van der Waals surface area contributed by atoms with E-state index < -0.39 is 0 Å². The van der Waals surface area contributed by atoms with Gasteiger partial charge in [0, 0.05) is 35.7 Å². The molecule has 0 bridgehead atoms. The number of nitrogens with zero attached hydrogens (tertiary/aromatic N) is 3. The molecular weight excluding hydrogens is 312 g/mol. The second-order valence-electron chi connectivity index (χ2n) is 5.38. The molecular formula is C16H22N4O2S. The molecule has 0 radical (unpaired) electrons. The van der Waals surface area contributed by atoms with Gasteiger partial charge in [0.1, 0.15) is 11.6 Å². The second-order valence-corrected chi connectivity index (χ2v) is 6.11. The van der Waals surface area contributed by atoms with E-state index in [2.05, 4.69) is 28.5 Å². The first-order valence-corrected chi connectivity index (χ1v) is 8.33. The molecule has 124 valence electrons. The Morgan fingerprint density at radius 2 is 2.22 bits per heavy atom. The number of likely N-dealkylation sites (N-methyl/N-ethyl adjacent to an activating group) is 1. The molecule has 1 aromatic heterocycles. The van der Waals surface area contributed by atoms with Crippen molar-refractivity contribution in [2.24, 2.45) is 0 Å². The van der Waals surface area contributed by atoms with Crippen molar-refractivity contribution in [1.29, 1.82) is 0 Å². The van der Waals surface area contributed by atoms with E-state index in [4.69, 9.17) is 4.74 Å². The second kappa shape index (κ2) is 7.92. The summed E-state index contributed by atoms with van der Waals surface area (Å²) in [4.78, 5) is 18.7. The summed E-state index contributed by atoms with van der Waals surface area (Å²) in [5, 5.41) is 3.65. The van der Waals surface area contributed by atoms with Gasteiger partial charge in [0.2, 0.25) is 11.0 Å². The largest absolute Gasteiger partial charge is 0.497 e. The van der Waals surface area contributed by atoms with Gasteiger partial charge in [-0.3, -0.25) is 4.79 Å². The van der Waals surface area contributed by atoms with E-state index in [1.165, 1.54) is 11.5 Å². The molecule has 23 heavy (non-hydrogen) atoms. The van der Waals surface area contributed by atoms with Gasteiger partial charge < -0.3 is 15.0 Å². The highest BCUT2D eigenvalue weighted by Crippen LogP contribution is 2.21. The molecule has 0 unspecified atom stereocenters. The lowest BCUT2D eigenvalue weighted by Crippen LogP contribution is -2.33. The van der Waals surface area contributed by atoms with Crippen molar-refractivity contribution < 1.29 is 9.53 Å². The number of benzene rings is 1. The molecule has 0 atom stereocenters. The molecule has 0 fully saturated rings. The summed E-state index contributed by atoms with van der Waals surface area (Å²) in [5.41, 5.74) is 0.713. The summed E-state index contributed by atoms with van der Waals surface area (Å²) in [6.07, 6.45) is 0. The number of carbonyl (C=O) groups excluding carboxylic acids is 1. The van der Waals surface area contributed by atoms with E-state index in [1.807, 2.05) is 30.0 Å². The molecule has 0 spiro atoms. The fourth-order valence-electron chi connectivity index (χ4n) is 1.98. The van der Waals surface area contributed by atoms with Crippen LogP contribution >= 0.6 is 11.5 Å². The minimum atomic E-state index is -0.0959. The molecule has 0 aliphatic rings. The highest BCUT2D eigenvalue weighted by Gasteiger charge is 2.16. The Hall–Kier alpha value is -2.15. The Kier molecular flexibility index (Phi) is 5.92. The maximum atomic E-state index is 12.3. The fourth-order valence-corrected chi connectivity index (χ4v) is 2.85. The number of hydrogen-bond acceptors (Lipinski definition) is 6. The lowest BCUT2D eigenvalue weighted by atomic mass is 10.2. The van der Waals surface area contributed by atoms with E-state index in [0.717, 1.165) is 11.0 Å². The molecule has 1 aromatic carbocycles. The van der Waals surface area contributed by atoms with E-state index in [0.29, 0.717) is 18.0 Å². The zero-order chi connectivity index (χ0) is 16.8. The number of aromatic nitrogens is 2. The van der Waals surface area contributed by atoms with Crippen LogP contribution in [0.15, 0.2) is 24.3 Å². The number of hydrogen-bond donors (Lipinski definition) is 1. The first-order chi connectivity index (χ1) is 11.0. The van der Waals surface area contributed by atoms with Crippen LogP contribution in [-0.4, -0.2) is 35.5 Å². The van der Waals surface area contributed by atoms with Crippen LogP contribution in [0.4, 0.5) is 10.8 Å². The van der Waals surface area contributed by atoms with Crippen LogP contribution in [0.25, 0.3) is 0 Å². The Morgan fingerprint density at radius 1 is 1.43 bits per heavy atom. The van der Waals surface area contributed by atoms with Crippen molar-refractivity contribution in [2.45, 2.75) is 26.7 Å². The topological polar surface area (TPSA) is 67.4 Å². The highest BCUT2D eigenvalue weighted by atomic mass is 32.1. The number of anilines is 2. The number of amides is 1. The molecule has 1 N–H and O–H groups in total. The van der Waals surface area contributed by atoms with Gasteiger partial charge in [0.15, 0.2) is 0 Å². The minimum Gasteiger partial charge on any atom is -0.497 e. The third-order valence-corrected chi connectivity index (χ3v) is 4.08. The molecule has 0 saturated heterocycles. The summed E-state index contributed by atoms with van der Waals surface area (Å²) < 4.78 is 9.49. The predicted octanol–water partition coefficient (Wildman–Crippen LogP) is 3.14. The van der Waals surface area contributed by atoms with Crippen LogP contribution < -0.4 is 15.0 Å². The van der Waals surface area contributed by atoms with Crippen LogP contribution in [-0.2, 0) is 4.79 Å². The molecule has 0 saturated carbocycles. The number of rotatable bonds is 7. The van der Waals surface area contributed by atoms with Gasteiger partial charge in [-0.25, -0.2) is 4.98 Å². The van der Waals surface area contributed by atoms with Gasteiger partial charge >= 0.3 is 0 Å². The maximum Gasteiger partial charge on any atom is 0.243 e. The minimum absolute atomic E-state index is 0.0959. The van der Waals surface area contributed by atoms with Crippen molar-refractivity contribution in [1.82, 2.24) is 9.36 Å². The fraction of sp³-hybridized carbons (Fsp3) is 0.438. The lowest BCUT2D eigenvalue weighted by Gasteiger charge is -2.18. The number of ether oxygens (including phenoxy) is 1. The van der Waals surface area contributed by atoms with Crippen molar-refractivity contribution >= 4 is 28.3 Å². The van der Waals surface area contributed by atoms with Gasteiger partial charge in [-0.1, -0.05) is 19.9 Å². The number of methoxy groups -OCH3 is 1. The average Bonchev–Trinajstić information content (AvgIpc) is 3.03. The first kappa shape index (κ1) is 17.2. The molecule has 2 rings (SSSR count). The van der Waals surface area contributed by atoms with Gasteiger partial charge in [0.05, 0.1) is 13.7 Å². The molecule has 7 heteroatoms. The molecule has 0 aliphatic carbocycles. The molecule has 1 amide bonds. The van der Waals surface area contributed by atoms with Crippen LogP contribution in [0.5, 0.6) is 5.75 Å². The average molecular weight is 334 g/mol. The number of carbonyl (C=O) groups is 1. The lowest BCUT2D eigenvalue weighted by molar-refractivity contribution is -0.115. The van der Waals surface area contributed by atoms with E-state index >= 15 is 0 Å². The summed E-state index contributed by atoms with van der Waals surface area (Å²) in [6.45, 7) is 7.03. The monoisotopic (exact) mass is 334 g/mol. The van der Waals surface area contributed by atoms with Crippen molar-refractivity contribution in [2.75, 3.05) is 30.4 Å². The third-order valence-electron chi connectivity index (χ3n) is 3.29. The zero-order valence-electron chi connectivity index (χ0n) is 13.9. The molecule has 0 aliphatic heterocycles. The smallest absolute Gasteiger partial charge is 0.243 e. The van der Waals surface area contributed by atoms with Crippen LogP contribution in [0.1, 0.15) is 32.5 Å².